The smallest absolute Gasteiger partial charge is 0.338 e. The van der Waals surface area contributed by atoms with Crippen LogP contribution in [0.5, 0.6) is 5.75 Å². The second-order valence-electron chi connectivity index (χ2n) is 3.00. The molecule has 0 heterocycles. The van der Waals surface area contributed by atoms with Crippen molar-refractivity contribution in [3.8, 4) is 11.8 Å². The van der Waals surface area contributed by atoms with Crippen molar-refractivity contribution in [1.82, 2.24) is 0 Å². The monoisotopic (exact) mass is 205 g/mol. The van der Waals surface area contributed by atoms with E-state index in [-0.39, 0.29) is 23.5 Å². The second kappa shape index (κ2) is 4.47. The summed E-state index contributed by atoms with van der Waals surface area (Å²) >= 11 is 0. The molecule has 0 fully saturated rings. The molecule has 0 saturated heterocycles. The van der Waals surface area contributed by atoms with Crippen LogP contribution < -0.4 is 0 Å². The molecule has 1 aromatic rings. The number of nitrogens with zero attached hydrogens (tertiary/aromatic N) is 1. The van der Waals surface area contributed by atoms with Gasteiger partial charge in [-0.2, -0.15) is 5.26 Å². The zero-order valence-corrected chi connectivity index (χ0v) is 8.57. The van der Waals surface area contributed by atoms with E-state index >= 15 is 0 Å². The van der Waals surface area contributed by atoms with E-state index < -0.39 is 5.97 Å². The van der Waals surface area contributed by atoms with Gasteiger partial charge in [0.25, 0.3) is 0 Å². The van der Waals surface area contributed by atoms with E-state index in [1.165, 1.54) is 12.1 Å². The summed E-state index contributed by atoms with van der Waals surface area (Å²) in [6.45, 7) is 3.60. The van der Waals surface area contributed by atoms with Gasteiger partial charge in [0.05, 0.1) is 23.8 Å². The first-order valence-corrected chi connectivity index (χ1v) is 4.51. The van der Waals surface area contributed by atoms with Crippen molar-refractivity contribution in [2.24, 2.45) is 0 Å². The van der Waals surface area contributed by atoms with Gasteiger partial charge in [-0.3, -0.25) is 0 Å². The second-order valence-corrected chi connectivity index (χ2v) is 3.00. The fourth-order valence-electron chi connectivity index (χ4n) is 1.24. The Morgan fingerprint density at radius 1 is 1.60 bits per heavy atom. The summed E-state index contributed by atoms with van der Waals surface area (Å²) in [6.07, 6.45) is 0. The van der Waals surface area contributed by atoms with Crippen molar-refractivity contribution in [2.75, 3.05) is 6.61 Å². The maximum absolute atomic E-state index is 11.4. The molecule has 0 spiro atoms. The highest BCUT2D eigenvalue weighted by Gasteiger charge is 2.14. The van der Waals surface area contributed by atoms with Crippen molar-refractivity contribution in [3.05, 3.63) is 28.8 Å². The van der Waals surface area contributed by atoms with Crippen LogP contribution in [0.3, 0.4) is 0 Å². The molecule has 1 rings (SSSR count). The third kappa shape index (κ3) is 2.26. The van der Waals surface area contributed by atoms with Crippen LogP contribution in [0.4, 0.5) is 0 Å². The molecule has 4 heteroatoms. The molecule has 0 aliphatic heterocycles. The molecule has 0 aliphatic carbocycles. The number of hydrogen-bond acceptors (Lipinski definition) is 4. The van der Waals surface area contributed by atoms with Crippen molar-refractivity contribution in [1.29, 1.82) is 5.26 Å². The van der Waals surface area contributed by atoms with Gasteiger partial charge in [-0.1, -0.05) is 0 Å². The molecule has 1 aromatic carbocycles. The van der Waals surface area contributed by atoms with E-state index in [1.54, 1.807) is 13.8 Å². The highest BCUT2D eigenvalue weighted by Crippen LogP contribution is 2.21. The number of phenolic OH excluding ortho intramolecular Hbond substituents is 1. The molecule has 0 unspecified atom stereocenters. The summed E-state index contributed by atoms with van der Waals surface area (Å²) in [4.78, 5) is 11.4. The Labute approximate surface area is 87.7 Å². The first-order valence-electron chi connectivity index (χ1n) is 4.51. The molecule has 15 heavy (non-hydrogen) atoms. The Bertz CT molecular complexity index is 432. The molecule has 0 atom stereocenters. The Kier molecular flexibility index (Phi) is 3.29. The van der Waals surface area contributed by atoms with Crippen LogP contribution >= 0.6 is 0 Å². The lowest BCUT2D eigenvalue weighted by Gasteiger charge is -2.07. The van der Waals surface area contributed by atoms with Gasteiger partial charge in [0.2, 0.25) is 0 Å². The fraction of sp³-hybridized carbons (Fsp3) is 0.273. The summed E-state index contributed by atoms with van der Waals surface area (Å²) in [5.41, 5.74) is 1.03. The van der Waals surface area contributed by atoms with Crippen LogP contribution in [0.2, 0.25) is 0 Å². The maximum Gasteiger partial charge on any atom is 0.338 e. The highest BCUT2D eigenvalue weighted by atomic mass is 16.5. The average Bonchev–Trinajstić information content (AvgIpc) is 2.21. The first kappa shape index (κ1) is 11.1. The van der Waals surface area contributed by atoms with Crippen molar-refractivity contribution < 1.29 is 14.6 Å². The van der Waals surface area contributed by atoms with Gasteiger partial charge in [-0.15, -0.1) is 0 Å². The Hall–Kier alpha value is -2.02. The maximum atomic E-state index is 11.4. The van der Waals surface area contributed by atoms with Crippen LogP contribution in [0.25, 0.3) is 0 Å². The van der Waals surface area contributed by atoms with E-state index in [4.69, 9.17) is 10.00 Å². The number of carbonyl (C=O) groups is 1. The number of rotatable bonds is 2. The predicted molar refractivity (Wildman–Crippen MR) is 53.5 cm³/mol. The van der Waals surface area contributed by atoms with Crippen LogP contribution in [0.1, 0.15) is 28.4 Å². The van der Waals surface area contributed by atoms with Crippen molar-refractivity contribution in [2.45, 2.75) is 13.8 Å². The average molecular weight is 205 g/mol. The molecule has 0 radical (unpaired) electrons. The number of carbonyl (C=O) groups excluding carboxylic acids is 1. The van der Waals surface area contributed by atoms with Gasteiger partial charge >= 0.3 is 5.97 Å². The summed E-state index contributed by atoms with van der Waals surface area (Å²) in [6, 6.07) is 4.52. The largest absolute Gasteiger partial charge is 0.508 e. The molecular weight excluding hydrogens is 194 g/mol. The zero-order valence-electron chi connectivity index (χ0n) is 8.57. The lowest BCUT2D eigenvalue weighted by molar-refractivity contribution is 0.0525. The molecule has 78 valence electrons. The number of hydrogen-bond donors (Lipinski definition) is 1. The molecule has 0 bridgehead atoms. The van der Waals surface area contributed by atoms with Gasteiger partial charge < -0.3 is 9.84 Å². The molecule has 1 N–H and O–H groups in total. The van der Waals surface area contributed by atoms with Crippen LogP contribution in [-0.2, 0) is 4.74 Å². The summed E-state index contributed by atoms with van der Waals surface area (Å²) < 4.78 is 4.80. The van der Waals surface area contributed by atoms with Crippen LogP contribution in [-0.4, -0.2) is 17.7 Å². The van der Waals surface area contributed by atoms with Crippen molar-refractivity contribution >= 4 is 5.97 Å². The SMILES string of the molecule is CCOC(=O)c1cc(O)cc(C#N)c1C. The minimum absolute atomic E-state index is 0.111. The Balaban J connectivity index is 3.24. The summed E-state index contributed by atoms with van der Waals surface area (Å²) in [7, 11) is 0. The quantitative estimate of drug-likeness (QED) is 0.746. The number of phenols is 1. The molecule has 4 nitrogen and oxygen atoms in total. The third-order valence-corrected chi connectivity index (χ3v) is 2.01. The third-order valence-electron chi connectivity index (χ3n) is 2.01. The lowest BCUT2D eigenvalue weighted by atomic mass is 10.0. The van der Waals surface area contributed by atoms with E-state index in [1.807, 2.05) is 6.07 Å². The Morgan fingerprint density at radius 3 is 2.80 bits per heavy atom. The highest BCUT2D eigenvalue weighted by molar-refractivity contribution is 5.92. The van der Waals surface area contributed by atoms with Gasteiger partial charge in [-0.25, -0.2) is 4.79 Å². The standard InChI is InChI=1S/C11H11NO3/c1-3-15-11(14)10-5-9(13)4-8(6-12)7(10)2/h4-5,13H,3H2,1-2H3. The summed E-state index contributed by atoms with van der Waals surface area (Å²) in [5, 5.41) is 18.1. The number of nitriles is 1. The van der Waals surface area contributed by atoms with E-state index in [0.717, 1.165) is 0 Å². The van der Waals surface area contributed by atoms with Gasteiger partial charge in [0, 0.05) is 0 Å². The lowest BCUT2D eigenvalue weighted by Crippen LogP contribution is -2.07. The fourth-order valence-corrected chi connectivity index (χ4v) is 1.24. The minimum atomic E-state index is -0.526. The zero-order chi connectivity index (χ0) is 11.4. The number of aromatic hydroxyl groups is 1. The molecular formula is C11H11NO3. The van der Waals surface area contributed by atoms with Gasteiger partial charge in [-0.05, 0) is 31.5 Å². The topological polar surface area (TPSA) is 70.3 Å². The normalized spacial score (nSPS) is 9.40. The van der Waals surface area contributed by atoms with E-state index in [0.29, 0.717) is 5.56 Å². The Morgan fingerprint density at radius 2 is 2.27 bits per heavy atom. The van der Waals surface area contributed by atoms with Crippen LogP contribution in [0.15, 0.2) is 12.1 Å². The molecule has 0 saturated carbocycles. The van der Waals surface area contributed by atoms with Gasteiger partial charge in [0.1, 0.15) is 5.75 Å². The van der Waals surface area contributed by atoms with Crippen molar-refractivity contribution in [3.63, 3.8) is 0 Å². The van der Waals surface area contributed by atoms with Crippen LogP contribution in [0, 0.1) is 18.3 Å². The predicted octanol–water partition coefficient (Wildman–Crippen LogP) is 1.75. The van der Waals surface area contributed by atoms with Gasteiger partial charge in [0.15, 0.2) is 0 Å². The number of benzene rings is 1. The van der Waals surface area contributed by atoms with E-state index in [2.05, 4.69) is 0 Å². The summed E-state index contributed by atoms with van der Waals surface area (Å²) in [5.74, 6) is -0.636. The minimum Gasteiger partial charge on any atom is -0.508 e. The molecule has 0 aromatic heterocycles. The number of esters is 1. The number of ether oxygens (including phenoxy) is 1. The molecule has 0 aliphatic rings. The first-order chi connectivity index (χ1) is 7.10. The van der Waals surface area contributed by atoms with E-state index in [9.17, 15) is 9.90 Å². The molecule has 0 amide bonds.